The lowest BCUT2D eigenvalue weighted by atomic mass is 10.1. The van der Waals surface area contributed by atoms with Gasteiger partial charge in [0, 0.05) is 12.3 Å². The quantitative estimate of drug-likeness (QED) is 0.855. The highest BCUT2D eigenvalue weighted by molar-refractivity contribution is 5.23. The number of aryl methyl sites for hydroxylation is 1. The molecule has 0 aliphatic carbocycles. The van der Waals surface area contributed by atoms with Crippen LogP contribution in [0.25, 0.3) is 0 Å². The SMILES string of the molecule is Cc1ccc(Cc2nc(C(C)C)n[nH]2)cc1. The van der Waals surface area contributed by atoms with E-state index in [9.17, 15) is 0 Å². The lowest BCUT2D eigenvalue weighted by molar-refractivity contribution is 0.780. The van der Waals surface area contributed by atoms with E-state index < -0.39 is 0 Å². The van der Waals surface area contributed by atoms with Crippen molar-refractivity contribution in [1.82, 2.24) is 15.2 Å². The molecule has 1 heterocycles. The van der Waals surface area contributed by atoms with Gasteiger partial charge in [0.1, 0.15) is 5.82 Å². The molecule has 0 fully saturated rings. The van der Waals surface area contributed by atoms with Crippen LogP contribution in [0.2, 0.25) is 0 Å². The van der Waals surface area contributed by atoms with Crippen molar-refractivity contribution in [2.75, 3.05) is 0 Å². The fourth-order valence-electron chi connectivity index (χ4n) is 1.55. The van der Waals surface area contributed by atoms with Gasteiger partial charge in [0.15, 0.2) is 5.82 Å². The molecule has 0 spiro atoms. The number of H-pyrrole nitrogens is 1. The van der Waals surface area contributed by atoms with Crippen LogP contribution in [0.1, 0.15) is 42.5 Å². The van der Waals surface area contributed by atoms with Gasteiger partial charge in [-0.1, -0.05) is 43.7 Å². The van der Waals surface area contributed by atoms with Gasteiger partial charge < -0.3 is 0 Å². The van der Waals surface area contributed by atoms with E-state index in [0.29, 0.717) is 5.92 Å². The summed E-state index contributed by atoms with van der Waals surface area (Å²) in [6.45, 7) is 6.28. The van der Waals surface area contributed by atoms with E-state index in [0.717, 1.165) is 18.1 Å². The van der Waals surface area contributed by atoms with Crippen LogP contribution in [-0.4, -0.2) is 15.2 Å². The molecule has 2 rings (SSSR count). The van der Waals surface area contributed by atoms with Crippen LogP contribution in [0, 0.1) is 6.92 Å². The van der Waals surface area contributed by atoms with Gasteiger partial charge in [-0.2, -0.15) is 5.10 Å². The number of nitrogens with one attached hydrogen (secondary N) is 1. The predicted octanol–water partition coefficient (Wildman–Crippen LogP) is 2.83. The molecule has 0 bridgehead atoms. The van der Waals surface area contributed by atoms with Crippen molar-refractivity contribution in [3.05, 3.63) is 47.0 Å². The Bertz CT molecular complexity index is 454. The summed E-state index contributed by atoms with van der Waals surface area (Å²) in [5.41, 5.74) is 2.54. The van der Waals surface area contributed by atoms with E-state index in [-0.39, 0.29) is 0 Å². The van der Waals surface area contributed by atoms with E-state index in [2.05, 4.69) is 60.2 Å². The Morgan fingerprint density at radius 1 is 1.19 bits per heavy atom. The second-order valence-corrected chi connectivity index (χ2v) is 4.46. The van der Waals surface area contributed by atoms with Crippen LogP contribution < -0.4 is 0 Å². The average Bonchev–Trinajstić information content (AvgIpc) is 2.70. The summed E-state index contributed by atoms with van der Waals surface area (Å²) in [6.07, 6.45) is 0.819. The van der Waals surface area contributed by atoms with E-state index in [1.54, 1.807) is 0 Å². The molecule has 0 saturated heterocycles. The lowest BCUT2D eigenvalue weighted by Crippen LogP contribution is -1.92. The number of rotatable bonds is 3. The first-order valence-corrected chi connectivity index (χ1v) is 5.62. The molecule has 0 aliphatic heterocycles. The summed E-state index contributed by atoms with van der Waals surface area (Å²) in [6, 6.07) is 8.50. The van der Waals surface area contributed by atoms with Crippen molar-refractivity contribution < 1.29 is 0 Å². The normalized spacial score (nSPS) is 11.0. The molecule has 0 atom stereocenters. The van der Waals surface area contributed by atoms with Crippen molar-refractivity contribution >= 4 is 0 Å². The third-order valence-electron chi connectivity index (χ3n) is 2.56. The zero-order chi connectivity index (χ0) is 11.5. The molecule has 16 heavy (non-hydrogen) atoms. The highest BCUT2D eigenvalue weighted by atomic mass is 15.2. The second kappa shape index (κ2) is 4.47. The topological polar surface area (TPSA) is 41.6 Å². The van der Waals surface area contributed by atoms with Gasteiger partial charge in [0.25, 0.3) is 0 Å². The first-order valence-electron chi connectivity index (χ1n) is 5.62. The molecule has 0 aliphatic rings. The van der Waals surface area contributed by atoms with Gasteiger partial charge in [0.05, 0.1) is 0 Å². The molecule has 0 unspecified atom stereocenters. The zero-order valence-electron chi connectivity index (χ0n) is 9.99. The molecular weight excluding hydrogens is 198 g/mol. The number of hydrogen-bond donors (Lipinski definition) is 1. The molecule has 0 saturated carbocycles. The Hall–Kier alpha value is -1.64. The molecule has 0 radical (unpaired) electrons. The van der Waals surface area contributed by atoms with Crippen molar-refractivity contribution in [1.29, 1.82) is 0 Å². The van der Waals surface area contributed by atoms with Crippen molar-refractivity contribution in [2.45, 2.75) is 33.1 Å². The molecule has 0 amide bonds. The summed E-state index contributed by atoms with van der Waals surface area (Å²) in [5.74, 6) is 2.21. The largest absolute Gasteiger partial charge is 0.263 e. The number of benzene rings is 1. The fraction of sp³-hybridized carbons (Fsp3) is 0.385. The minimum Gasteiger partial charge on any atom is -0.263 e. The Kier molecular flexibility index (Phi) is 3.04. The van der Waals surface area contributed by atoms with Crippen LogP contribution in [0.4, 0.5) is 0 Å². The minimum atomic E-state index is 0.378. The Morgan fingerprint density at radius 3 is 2.44 bits per heavy atom. The number of hydrogen-bond acceptors (Lipinski definition) is 2. The first kappa shape index (κ1) is 10.9. The van der Waals surface area contributed by atoms with Gasteiger partial charge >= 0.3 is 0 Å². The third-order valence-corrected chi connectivity index (χ3v) is 2.56. The van der Waals surface area contributed by atoms with E-state index >= 15 is 0 Å². The summed E-state index contributed by atoms with van der Waals surface area (Å²) in [4.78, 5) is 4.46. The molecule has 1 aromatic carbocycles. The van der Waals surface area contributed by atoms with Crippen molar-refractivity contribution in [2.24, 2.45) is 0 Å². The fourth-order valence-corrected chi connectivity index (χ4v) is 1.55. The highest BCUT2D eigenvalue weighted by Gasteiger charge is 2.07. The average molecular weight is 215 g/mol. The summed E-state index contributed by atoms with van der Waals surface area (Å²) in [7, 11) is 0. The maximum atomic E-state index is 4.46. The van der Waals surface area contributed by atoms with Crippen molar-refractivity contribution in [3.8, 4) is 0 Å². The molecule has 1 aromatic heterocycles. The number of aromatic amines is 1. The molecule has 84 valence electrons. The Labute approximate surface area is 95.9 Å². The summed E-state index contributed by atoms with van der Waals surface area (Å²) in [5, 5.41) is 7.18. The summed E-state index contributed by atoms with van der Waals surface area (Å²) < 4.78 is 0. The lowest BCUT2D eigenvalue weighted by Gasteiger charge is -1.98. The second-order valence-electron chi connectivity index (χ2n) is 4.46. The number of nitrogens with zero attached hydrogens (tertiary/aromatic N) is 2. The molecule has 1 N–H and O–H groups in total. The first-order chi connectivity index (χ1) is 7.65. The molecular formula is C13H17N3. The van der Waals surface area contributed by atoms with E-state index in [1.165, 1.54) is 11.1 Å². The zero-order valence-corrected chi connectivity index (χ0v) is 9.99. The smallest absolute Gasteiger partial charge is 0.153 e. The molecule has 2 aromatic rings. The monoisotopic (exact) mass is 215 g/mol. The Balaban J connectivity index is 2.11. The summed E-state index contributed by atoms with van der Waals surface area (Å²) >= 11 is 0. The van der Waals surface area contributed by atoms with Gasteiger partial charge in [-0.05, 0) is 12.5 Å². The van der Waals surface area contributed by atoms with Crippen molar-refractivity contribution in [3.63, 3.8) is 0 Å². The maximum absolute atomic E-state index is 4.46. The van der Waals surface area contributed by atoms with Gasteiger partial charge in [-0.3, -0.25) is 5.10 Å². The van der Waals surface area contributed by atoms with Gasteiger partial charge in [-0.25, -0.2) is 4.98 Å². The third kappa shape index (κ3) is 2.48. The maximum Gasteiger partial charge on any atom is 0.153 e. The molecule has 3 nitrogen and oxygen atoms in total. The van der Waals surface area contributed by atoms with E-state index in [4.69, 9.17) is 0 Å². The van der Waals surface area contributed by atoms with E-state index in [1.807, 2.05) is 0 Å². The van der Waals surface area contributed by atoms with Crippen LogP contribution >= 0.6 is 0 Å². The number of aromatic nitrogens is 3. The van der Waals surface area contributed by atoms with Crippen LogP contribution in [-0.2, 0) is 6.42 Å². The minimum absolute atomic E-state index is 0.378. The highest BCUT2D eigenvalue weighted by Crippen LogP contribution is 2.11. The Morgan fingerprint density at radius 2 is 1.88 bits per heavy atom. The van der Waals surface area contributed by atoms with Gasteiger partial charge in [-0.15, -0.1) is 0 Å². The van der Waals surface area contributed by atoms with Crippen LogP contribution in [0.3, 0.4) is 0 Å². The molecule has 3 heteroatoms. The predicted molar refractivity (Wildman–Crippen MR) is 64.5 cm³/mol. The van der Waals surface area contributed by atoms with Crippen LogP contribution in [0.5, 0.6) is 0 Å². The van der Waals surface area contributed by atoms with Gasteiger partial charge in [0.2, 0.25) is 0 Å². The standard InChI is InChI=1S/C13H17N3/c1-9(2)13-14-12(15-16-13)8-11-6-4-10(3)5-7-11/h4-7,9H,8H2,1-3H3,(H,14,15,16). The van der Waals surface area contributed by atoms with Crippen LogP contribution in [0.15, 0.2) is 24.3 Å².